The summed E-state index contributed by atoms with van der Waals surface area (Å²) in [5, 5.41) is 4.29. The number of aromatic amines is 1. The molecule has 1 amide bonds. The lowest BCUT2D eigenvalue weighted by Gasteiger charge is -2.12. The number of nitrogens with zero attached hydrogens (tertiary/aromatic N) is 1. The number of thioether (sulfide) groups is 1. The summed E-state index contributed by atoms with van der Waals surface area (Å²) in [6.45, 7) is 6.06. The number of aryl methyl sites for hydroxylation is 2. The Morgan fingerprint density at radius 3 is 2.82 bits per heavy atom. The average molecular weight is 456 g/mol. The van der Waals surface area contributed by atoms with Gasteiger partial charge in [0, 0.05) is 21.5 Å². The SMILES string of the molecule is Cc1sc2nc(CSC(C)C(=O)NCc3ccc(Cl)cc3Cl)[nH]c(=O)c2c1C. The summed E-state index contributed by atoms with van der Waals surface area (Å²) < 4.78 is 0. The van der Waals surface area contributed by atoms with Crippen LogP contribution in [-0.2, 0) is 17.1 Å². The normalized spacial score (nSPS) is 12.3. The van der Waals surface area contributed by atoms with E-state index in [-0.39, 0.29) is 16.7 Å². The summed E-state index contributed by atoms with van der Waals surface area (Å²) in [7, 11) is 0. The van der Waals surface area contributed by atoms with Gasteiger partial charge < -0.3 is 10.3 Å². The molecule has 0 saturated heterocycles. The summed E-state index contributed by atoms with van der Waals surface area (Å²) in [5.41, 5.74) is 1.65. The number of hydrogen-bond acceptors (Lipinski definition) is 5. The van der Waals surface area contributed by atoms with Crippen molar-refractivity contribution in [3.63, 3.8) is 0 Å². The number of rotatable bonds is 6. The second-order valence-corrected chi connectivity index (χ2v) is 9.76. The lowest BCUT2D eigenvalue weighted by molar-refractivity contribution is -0.120. The number of amides is 1. The highest BCUT2D eigenvalue weighted by molar-refractivity contribution is 7.99. The highest BCUT2D eigenvalue weighted by atomic mass is 35.5. The maximum Gasteiger partial charge on any atom is 0.259 e. The number of carbonyl (C=O) groups is 1. The van der Waals surface area contributed by atoms with Crippen molar-refractivity contribution in [2.45, 2.75) is 38.3 Å². The van der Waals surface area contributed by atoms with Crippen LogP contribution in [0.15, 0.2) is 23.0 Å². The Morgan fingerprint density at radius 2 is 2.11 bits per heavy atom. The highest BCUT2D eigenvalue weighted by Gasteiger charge is 2.16. The first-order chi connectivity index (χ1) is 13.3. The third kappa shape index (κ3) is 4.71. The van der Waals surface area contributed by atoms with Crippen LogP contribution in [-0.4, -0.2) is 21.1 Å². The maximum atomic E-state index is 12.4. The molecule has 1 unspecified atom stereocenters. The molecule has 28 heavy (non-hydrogen) atoms. The molecular weight excluding hydrogens is 437 g/mol. The molecule has 3 aromatic rings. The summed E-state index contributed by atoms with van der Waals surface area (Å²) >= 11 is 14.9. The molecule has 0 aliphatic heterocycles. The Balaban J connectivity index is 1.60. The summed E-state index contributed by atoms with van der Waals surface area (Å²) in [6, 6.07) is 5.17. The zero-order valence-corrected chi connectivity index (χ0v) is 18.7. The van der Waals surface area contributed by atoms with Crippen LogP contribution in [0, 0.1) is 13.8 Å². The molecule has 0 saturated carbocycles. The topological polar surface area (TPSA) is 74.8 Å². The lowest BCUT2D eigenvalue weighted by atomic mass is 10.2. The van der Waals surface area contributed by atoms with E-state index in [9.17, 15) is 9.59 Å². The standard InChI is InChI=1S/C19H19Cl2N3O2S2/c1-9-10(2)28-19-16(9)18(26)23-15(24-19)8-27-11(3)17(25)22-7-12-4-5-13(20)6-14(12)21/h4-6,11H,7-8H2,1-3H3,(H,22,25)(H,23,24,26). The van der Waals surface area contributed by atoms with Crippen molar-refractivity contribution in [1.82, 2.24) is 15.3 Å². The Morgan fingerprint density at radius 1 is 1.36 bits per heavy atom. The number of thiophene rings is 1. The molecule has 0 aliphatic carbocycles. The number of fused-ring (bicyclic) bond motifs is 1. The number of hydrogen-bond donors (Lipinski definition) is 2. The maximum absolute atomic E-state index is 12.4. The van der Waals surface area contributed by atoms with Crippen LogP contribution in [0.5, 0.6) is 0 Å². The van der Waals surface area contributed by atoms with Crippen molar-refractivity contribution in [3.8, 4) is 0 Å². The third-order valence-corrected chi connectivity index (χ3v) is 7.24. The number of carbonyl (C=O) groups excluding carboxylic acids is 1. The molecule has 0 fully saturated rings. The van der Waals surface area contributed by atoms with Gasteiger partial charge in [-0.3, -0.25) is 9.59 Å². The lowest BCUT2D eigenvalue weighted by Crippen LogP contribution is -2.30. The van der Waals surface area contributed by atoms with Crippen molar-refractivity contribution in [3.05, 3.63) is 60.4 Å². The van der Waals surface area contributed by atoms with E-state index in [4.69, 9.17) is 23.2 Å². The van der Waals surface area contributed by atoms with E-state index in [2.05, 4.69) is 15.3 Å². The van der Waals surface area contributed by atoms with Crippen molar-refractivity contribution in [2.75, 3.05) is 0 Å². The first kappa shape index (κ1) is 21.2. The van der Waals surface area contributed by atoms with Crippen molar-refractivity contribution in [1.29, 1.82) is 0 Å². The van der Waals surface area contributed by atoms with Gasteiger partial charge in [-0.05, 0) is 44.0 Å². The quantitative estimate of drug-likeness (QED) is 0.556. The van der Waals surface area contributed by atoms with E-state index in [0.717, 1.165) is 20.8 Å². The van der Waals surface area contributed by atoms with Gasteiger partial charge in [-0.1, -0.05) is 29.3 Å². The van der Waals surface area contributed by atoms with Crippen LogP contribution < -0.4 is 10.9 Å². The van der Waals surface area contributed by atoms with Gasteiger partial charge in [0.15, 0.2) is 0 Å². The van der Waals surface area contributed by atoms with Crippen molar-refractivity contribution < 1.29 is 4.79 Å². The molecule has 1 aromatic carbocycles. The van der Waals surface area contributed by atoms with E-state index in [1.165, 1.54) is 23.1 Å². The van der Waals surface area contributed by atoms with E-state index in [1.807, 2.05) is 20.8 Å². The fourth-order valence-corrected chi connectivity index (χ4v) is 4.94. The molecule has 1 atom stereocenters. The molecule has 0 aliphatic rings. The largest absolute Gasteiger partial charge is 0.351 e. The van der Waals surface area contributed by atoms with Gasteiger partial charge in [0.25, 0.3) is 5.56 Å². The molecule has 0 spiro atoms. The fraction of sp³-hybridized carbons (Fsp3) is 0.316. The molecule has 0 bridgehead atoms. The third-order valence-electron chi connectivity index (χ3n) is 4.40. The molecule has 2 heterocycles. The predicted molar refractivity (Wildman–Crippen MR) is 119 cm³/mol. The summed E-state index contributed by atoms with van der Waals surface area (Å²) in [6.07, 6.45) is 0. The van der Waals surface area contributed by atoms with E-state index < -0.39 is 0 Å². The number of aromatic nitrogens is 2. The van der Waals surface area contributed by atoms with Crippen LogP contribution in [0.25, 0.3) is 10.2 Å². The number of nitrogens with one attached hydrogen (secondary N) is 2. The molecule has 3 rings (SSSR count). The van der Waals surface area contributed by atoms with E-state index in [0.29, 0.717) is 33.6 Å². The van der Waals surface area contributed by atoms with Crippen LogP contribution in [0.4, 0.5) is 0 Å². The fourth-order valence-electron chi connectivity index (χ4n) is 2.64. The molecule has 5 nitrogen and oxygen atoms in total. The van der Waals surface area contributed by atoms with Crippen LogP contribution in [0.1, 0.15) is 28.8 Å². The minimum Gasteiger partial charge on any atom is -0.351 e. The Hall–Kier alpha value is -1.54. The number of benzene rings is 1. The molecule has 2 aromatic heterocycles. The highest BCUT2D eigenvalue weighted by Crippen LogP contribution is 2.26. The van der Waals surface area contributed by atoms with Gasteiger partial charge in [0.1, 0.15) is 10.7 Å². The first-order valence-corrected chi connectivity index (χ1v) is 11.2. The zero-order valence-electron chi connectivity index (χ0n) is 15.6. The monoisotopic (exact) mass is 455 g/mol. The summed E-state index contributed by atoms with van der Waals surface area (Å²) in [5.74, 6) is 0.906. The van der Waals surface area contributed by atoms with Crippen LogP contribution in [0.3, 0.4) is 0 Å². The van der Waals surface area contributed by atoms with Gasteiger partial charge in [-0.25, -0.2) is 4.98 Å². The second-order valence-electron chi connectivity index (χ2n) is 6.38. The Bertz CT molecular complexity index is 1090. The smallest absolute Gasteiger partial charge is 0.259 e. The van der Waals surface area contributed by atoms with Crippen LogP contribution in [0.2, 0.25) is 10.0 Å². The van der Waals surface area contributed by atoms with Crippen molar-refractivity contribution >= 4 is 62.4 Å². The molecule has 9 heteroatoms. The van der Waals surface area contributed by atoms with Gasteiger partial charge in [-0.2, -0.15) is 0 Å². The van der Waals surface area contributed by atoms with Gasteiger partial charge >= 0.3 is 0 Å². The minimum atomic E-state index is -0.307. The zero-order chi connectivity index (χ0) is 20.4. The molecule has 2 N–H and O–H groups in total. The van der Waals surface area contributed by atoms with Gasteiger partial charge in [0.05, 0.1) is 16.4 Å². The van der Waals surface area contributed by atoms with Crippen molar-refractivity contribution in [2.24, 2.45) is 0 Å². The molecule has 148 valence electrons. The first-order valence-electron chi connectivity index (χ1n) is 8.58. The number of H-pyrrole nitrogens is 1. The number of halogens is 2. The average Bonchev–Trinajstić information content (AvgIpc) is 2.93. The Labute approximate surface area is 180 Å². The van der Waals surface area contributed by atoms with Gasteiger partial charge in [-0.15, -0.1) is 23.1 Å². The predicted octanol–water partition coefficient (Wildman–Crippen LogP) is 4.85. The van der Waals surface area contributed by atoms with Gasteiger partial charge in [0.2, 0.25) is 5.91 Å². The van der Waals surface area contributed by atoms with E-state index >= 15 is 0 Å². The Kier molecular flexibility index (Phi) is 6.70. The summed E-state index contributed by atoms with van der Waals surface area (Å²) in [4.78, 5) is 33.9. The van der Waals surface area contributed by atoms with Crippen LogP contribution >= 0.6 is 46.3 Å². The minimum absolute atomic E-state index is 0.109. The van der Waals surface area contributed by atoms with E-state index in [1.54, 1.807) is 18.2 Å². The second kappa shape index (κ2) is 8.86. The molecular formula is C19H19Cl2N3O2S2. The molecule has 0 radical (unpaired) electrons.